The molecular weight excluding hydrogens is 234 g/mol. The fourth-order valence-corrected chi connectivity index (χ4v) is 2.70. The van der Waals surface area contributed by atoms with Crippen molar-refractivity contribution in [3.63, 3.8) is 0 Å². The van der Waals surface area contributed by atoms with Gasteiger partial charge in [0, 0.05) is 12.5 Å². The van der Waals surface area contributed by atoms with E-state index in [4.69, 9.17) is 0 Å². The molecule has 1 heterocycles. The Morgan fingerprint density at radius 1 is 1.00 bits per heavy atom. The second-order valence-electron chi connectivity index (χ2n) is 5.96. The minimum atomic E-state index is 0.726. The molecule has 1 fully saturated rings. The summed E-state index contributed by atoms with van der Waals surface area (Å²) in [5, 5.41) is 8.31. The molecular formula is C16H29N3. The van der Waals surface area contributed by atoms with Crippen molar-refractivity contribution in [2.45, 2.75) is 90.0 Å². The predicted octanol–water partition coefficient (Wildman–Crippen LogP) is 4.69. The van der Waals surface area contributed by atoms with Crippen molar-refractivity contribution in [1.82, 2.24) is 14.8 Å². The van der Waals surface area contributed by atoms with E-state index >= 15 is 0 Å². The lowest BCUT2D eigenvalue weighted by molar-refractivity contribution is 0.556. The first-order chi connectivity index (χ1) is 9.42. The third kappa shape index (κ3) is 5.33. The van der Waals surface area contributed by atoms with E-state index in [2.05, 4.69) is 21.7 Å². The fraction of sp³-hybridized carbons (Fsp3) is 0.875. The molecule has 0 amide bonds. The van der Waals surface area contributed by atoms with Gasteiger partial charge in [-0.15, -0.1) is 10.2 Å². The van der Waals surface area contributed by atoms with Crippen LogP contribution in [0.2, 0.25) is 0 Å². The van der Waals surface area contributed by atoms with Crippen molar-refractivity contribution in [3.05, 3.63) is 12.2 Å². The van der Waals surface area contributed by atoms with Crippen LogP contribution in [-0.4, -0.2) is 14.8 Å². The first-order valence-corrected chi connectivity index (χ1v) is 8.30. The van der Waals surface area contributed by atoms with Gasteiger partial charge in [0.2, 0.25) is 0 Å². The largest absolute Gasteiger partial charge is 0.314 e. The zero-order valence-electron chi connectivity index (χ0n) is 12.5. The zero-order valence-corrected chi connectivity index (χ0v) is 12.5. The molecule has 1 aliphatic rings. The second kappa shape index (κ2) is 8.34. The highest BCUT2D eigenvalue weighted by atomic mass is 15.3. The molecule has 0 saturated heterocycles. The summed E-state index contributed by atoms with van der Waals surface area (Å²) in [5.41, 5.74) is 0. The molecule has 0 aromatic carbocycles. The van der Waals surface area contributed by atoms with Crippen LogP contribution < -0.4 is 0 Å². The van der Waals surface area contributed by atoms with Crippen LogP contribution in [0, 0.1) is 0 Å². The normalized spacial score (nSPS) is 15.0. The van der Waals surface area contributed by atoms with Gasteiger partial charge in [0.25, 0.3) is 0 Å². The van der Waals surface area contributed by atoms with Gasteiger partial charge >= 0.3 is 0 Å². The molecule has 0 unspecified atom stereocenters. The molecule has 0 aliphatic heterocycles. The Labute approximate surface area is 117 Å². The van der Waals surface area contributed by atoms with Gasteiger partial charge in [0.15, 0.2) is 0 Å². The van der Waals surface area contributed by atoms with Crippen LogP contribution in [0.25, 0.3) is 0 Å². The van der Waals surface area contributed by atoms with Gasteiger partial charge in [-0.2, -0.15) is 0 Å². The summed E-state index contributed by atoms with van der Waals surface area (Å²) in [6.07, 6.45) is 18.2. The van der Waals surface area contributed by atoms with Crippen molar-refractivity contribution in [3.8, 4) is 0 Å². The van der Waals surface area contributed by atoms with Crippen LogP contribution >= 0.6 is 0 Å². The van der Waals surface area contributed by atoms with Crippen molar-refractivity contribution >= 4 is 0 Å². The number of nitrogens with zero attached hydrogens (tertiary/aromatic N) is 3. The van der Waals surface area contributed by atoms with Gasteiger partial charge < -0.3 is 4.57 Å². The topological polar surface area (TPSA) is 30.7 Å². The summed E-state index contributed by atoms with van der Waals surface area (Å²) in [7, 11) is 0. The van der Waals surface area contributed by atoms with Gasteiger partial charge in [-0.05, 0) is 19.3 Å². The van der Waals surface area contributed by atoms with Crippen LogP contribution in [-0.2, 0) is 6.42 Å². The summed E-state index contributed by atoms with van der Waals surface area (Å²) < 4.78 is 2.30. The number of aromatic nitrogens is 3. The predicted molar refractivity (Wildman–Crippen MR) is 79.2 cm³/mol. The van der Waals surface area contributed by atoms with Gasteiger partial charge in [0.05, 0.1) is 0 Å². The van der Waals surface area contributed by atoms with Gasteiger partial charge in [-0.3, -0.25) is 0 Å². The average molecular weight is 263 g/mol. The molecule has 0 atom stereocenters. The highest BCUT2D eigenvalue weighted by Crippen LogP contribution is 2.35. The Balaban J connectivity index is 1.46. The quantitative estimate of drug-likeness (QED) is 0.542. The maximum atomic E-state index is 4.26. The molecule has 0 bridgehead atoms. The molecule has 1 aromatic heterocycles. The van der Waals surface area contributed by atoms with E-state index in [1.54, 1.807) is 0 Å². The van der Waals surface area contributed by atoms with E-state index in [1.165, 1.54) is 76.5 Å². The summed E-state index contributed by atoms with van der Waals surface area (Å²) >= 11 is 0. The number of hydrogen-bond acceptors (Lipinski definition) is 2. The van der Waals surface area contributed by atoms with Crippen molar-refractivity contribution < 1.29 is 0 Å². The highest BCUT2D eigenvalue weighted by molar-refractivity contribution is 4.94. The first-order valence-electron chi connectivity index (χ1n) is 8.30. The SMILES string of the molecule is CCCCCCCCCCCc1nncn1C1CC1. The van der Waals surface area contributed by atoms with E-state index < -0.39 is 0 Å². The molecule has 19 heavy (non-hydrogen) atoms. The van der Waals surface area contributed by atoms with Gasteiger partial charge in [-0.25, -0.2) is 0 Å². The number of rotatable bonds is 11. The molecule has 0 N–H and O–H groups in total. The molecule has 0 radical (unpaired) electrons. The maximum absolute atomic E-state index is 4.26. The molecule has 0 spiro atoms. The molecule has 1 aliphatic carbocycles. The van der Waals surface area contributed by atoms with Crippen molar-refractivity contribution in [1.29, 1.82) is 0 Å². The van der Waals surface area contributed by atoms with E-state index in [9.17, 15) is 0 Å². The number of aryl methyl sites for hydroxylation is 1. The van der Waals surface area contributed by atoms with Crippen LogP contribution in [0.5, 0.6) is 0 Å². The summed E-state index contributed by atoms with van der Waals surface area (Å²) in [6, 6.07) is 0.726. The minimum absolute atomic E-state index is 0.726. The summed E-state index contributed by atoms with van der Waals surface area (Å²) in [5.74, 6) is 1.21. The van der Waals surface area contributed by atoms with Crippen LogP contribution in [0.1, 0.15) is 89.4 Å². The molecule has 2 rings (SSSR count). The molecule has 3 heteroatoms. The Morgan fingerprint density at radius 3 is 2.26 bits per heavy atom. The first kappa shape index (κ1) is 14.5. The second-order valence-corrected chi connectivity index (χ2v) is 5.96. The van der Waals surface area contributed by atoms with Crippen LogP contribution in [0.15, 0.2) is 6.33 Å². The standard InChI is InChI=1S/C16H29N3/c1-2-3-4-5-6-7-8-9-10-11-16-18-17-14-19(16)15-12-13-15/h14-15H,2-13H2,1H3. The molecule has 108 valence electrons. The van der Waals surface area contributed by atoms with E-state index in [0.717, 1.165) is 12.5 Å². The summed E-state index contributed by atoms with van der Waals surface area (Å²) in [4.78, 5) is 0. The fourth-order valence-electron chi connectivity index (χ4n) is 2.70. The van der Waals surface area contributed by atoms with Gasteiger partial charge in [0.1, 0.15) is 12.2 Å². The molecule has 1 aromatic rings. The minimum Gasteiger partial charge on any atom is -0.314 e. The van der Waals surface area contributed by atoms with Crippen molar-refractivity contribution in [2.24, 2.45) is 0 Å². The third-order valence-electron chi connectivity index (χ3n) is 4.09. The lowest BCUT2D eigenvalue weighted by atomic mass is 10.1. The van der Waals surface area contributed by atoms with E-state index in [1.807, 2.05) is 6.33 Å². The van der Waals surface area contributed by atoms with Gasteiger partial charge in [-0.1, -0.05) is 58.3 Å². The Kier molecular flexibility index (Phi) is 6.38. The van der Waals surface area contributed by atoms with Crippen LogP contribution in [0.3, 0.4) is 0 Å². The molecule has 1 saturated carbocycles. The lowest BCUT2D eigenvalue weighted by Crippen LogP contribution is -2.00. The highest BCUT2D eigenvalue weighted by Gasteiger charge is 2.25. The Morgan fingerprint density at radius 2 is 1.63 bits per heavy atom. The third-order valence-corrected chi connectivity index (χ3v) is 4.09. The number of unbranched alkanes of at least 4 members (excludes halogenated alkanes) is 8. The lowest BCUT2D eigenvalue weighted by Gasteiger charge is -2.04. The number of hydrogen-bond donors (Lipinski definition) is 0. The Bertz CT molecular complexity index is 342. The smallest absolute Gasteiger partial charge is 0.133 e. The van der Waals surface area contributed by atoms with Crippen LogP contribution in [0.4, 0.5) is 0 Å². The van der Waals surface area contributed by atoms with Crippen molar-refractivity contribution in [2.75, 3.05) is 0 Å². The average Bonchev–Trinajstić information content (AvgIpc) is 3.16. The molecule has 3 nitrogen and oxygen atoms in total. The zero-order chi connectivity index (χ0) is 13.3. The summed E-state index contributed by atoms with van der Waals surface area (Å²) in [6.45, 7) is 2.28. The monoisotopic (exact) mass is 263 g/mol. The van der Waals surface area contributed by atoms with E-state index in [-0.39, 0.29) is 0 Å². The van der Waals surface area contributed by atoms with E-state index in [0.29, 0.717) is 0 Å². The maximum Gasteiger partial charge on any atom is 0.133 e. The Hall–Kier alpha value is -0.860.